The average molecular weight is 250 g/mol. The Bertz CT molecular complexity index is 460. The molecule has 1 aliphatic heterocycles. The summed E-state index contributed by atoms with van der Waals surface area (Å²) in [6, 6.07) is 0.00225. The zero-order chi connectivity index (χ0) is 13.1. The minimum Gasteiger partial charge on any atom is -0.476 e. The molecule has 7 nitrogen and oxygen atoms in total. The summed E-state index contributed by atoms with van der Waals surface area (Å²) in [5.41, 5.74) is -0.0989. The van der Waals surface area contributed by atoms with E-state index in [0.29, 0.717) is 25.3 Å². The van der Waals surface area contributed by atoms with Gasteiger partial charge in [0, 0.05) is 19.5 Å². The number of likely N-dealkylation sites (tertiary alicyclic amines) is 1. The Morgan fingerprint density at radius 2 is 2.33 bits per heavy atom. The quantitative estimate of drug-likeness (QED) is 0.793. The Kier molecular flexibility index (Phi) is 3.40. The van der Waals surface area contributed by atoms with Crippen molar-refractivity contribution >= 4 is 17.7 Å². The normalized spacial score (nSPS) is 19.1. The van der Waals surface area contributed by atoms with Crippen molar-refractivity contribution in [1.82, 2.24) is 14.9 Å². The van der Waals surface area contributed by atoms with Crippen molar-refractivity contribution in [2.24, 2.45) is 0 Å². The lowest BCUT2D eigenvalue weighted by Gasteiger charge is -2.14. The van der Waals surface area contributed by atoms with Gasteiger partial charge in [-0.2, -0.15) is 0 Å². The van der Waals surface area contributed by atoms with Crippen LogP contribution >= 0.6 is 0 Å². The fourth-order valence-electron chi connectivity index (χ4n) is 1.90. The van der Waals surface area contributed by atoms with Crippen LogP contribution in [-0.2, 0) is 4.79 Å². The van der Waals surface area contributed by atoms with Crippen LogP contribution in [0, 0.1) is 0 Å². The number of hydrogen-bond acceptors (Lipinski definition) is 5. The molecule has 1 aliphatic rings. The summed E-state index contributed by atoms with van der Waals surface area (Å²) in [5.74, 6) is -0.511. The molecule has 0 spiro atoms. The van der Waals surface area contributed by atoms with Crippen LogP contribution in [0.5, 0.6) is 0 Å². The molecular formula is C11H14N4O3. The predicted octanol–water partition coefficient (Wildman–Crippen LogP) is 0.207. The highest BCUT2D eigenvalue weighted by Crippen LogP contribution is 2.14. The summed E-state index contributed by atoms with van der Waals surface area (Å²) in [7, 11) is 0. The van der Waals surface area contributed by atoms with Crippen molar-refractivity contribution in [3.05, 3.63) is 18.1 Å². The molecule has 1 fully saturated rings. The molecule has 0 aromatic carbocycles. The van der Waals surface area contributed by atoms with E-state index in [1.165, 1.54) is 12.4 Å². The van der Waals surface area contributed by atoms with Gasteiger partial charge in [0.1, 0.15) is 5.82 Å². The number of carboxylic acid groups (broad SMARTS) is 1. The summed E-state index contributed by atoms with van der Waals surface area (Å²) in [6.07, 6.45) is 2.98. The Morgan fingerprint density at radius 1 is 1.56 bits per heavy atom. The lowest BCUT2D eigenvalue weighted by atomic mass is 10.2. The number of anilines is 1. The standard InChI is InChI=1S/C11H14N4O3/c1-2-15-6-7(3-10(15)16)14-9-5-12-8(4-13-9)11(17)18/h4-5,7H,2-3,6H2,1H3,(H,13,14)(H,17,18). The van der Waals surface area contributed by atoms with Crippen LogP contribution in [0.4, 0.5) is 5.82 Å². The van der Waals surface area contributed by atoms with Gasteiger partial charge in [-0.1, -0.05) is 0 Å². The van der Waals surface area contributed by atoms with Crippen molar-refractivity contribution in [1.29, 1.82) is 0 Å². The minimum atomic E-state index is -1.11. The molecule has 2 heterocycles. The second kappa shape index (κ2) is 4.99. The topological polar surface area (TPSA) is 95.4 Å². The lowest BCUT2D eigenvalue weighted by molar-refractivity contribution is -0.127. The minimum absolute atomic E-state index is 0.00225. The maximum absolute atomic E-state index is 11.5. The first-order chi connectivity index (χ1) is 8.60. The van der Waals surface area contributed by atoms with Crippen LogP contribution in [0.1, 0.15) is 23.8 Å². The first-order valence-corrected chi connectivity index (χ1v) is 5.69. The van der Waals surface area contributed by atoms with Crippen molar-refractivity contribution in [2.45, 2.75) is 19.4 Å². The van der Waals surface area contributed by atoms with Crippen molar-refractivity contribution in [3.63, 3.8) is 0 Å². The van der Waals surface area contributed by atoms with Crippen LogP contribution in [-0.4, -0.2) is 51.0 Å². The molecule has 96 valence electrons. The Labute approximate surface area is 104 Å². The molecule has 1 aromatic rings. The molecule has 2 N–H and O–H groups in total. The van der Waals surface area contributed by atoms with Crippen LogP contribution in [0.25, 0.3) is 0 Å². The fourth-order valence-corrected chi connectivity index (χ4v) is 1.90. The van der Waals surface area contributed by atoms with Crippen LogP contribution in [0.2, 0.25) is 0 Å². The Morgan fingerprint density at radius 3 is 2.83 bits per heavy atom. The van der Waals surface area contributed by atoms with Crippen molar-refractivity contribution in [2.75, 3.05) is 18.4 Å². The van der Waals surface area contributed by atoms with Crippen molar-refractivity contribution in [3.8, 4) is 0 Å². The number of aromatic carboxylic acids is 1. The molecule has 2 rings (SSSR count). The maximum Gasteiger partial charge on any atom is 0.356 e. The van der Waals surface area contributed by atoms with Crippen LogP contribution in [0.15, 0.2) is 12.4 Å². The lowest BCUT2D eigenvalue weighted by Crippen LogP contribution is -2.27. The van der Waals surface area contributed by atoms with E-state index in [1.807, 2.05) is 6.92 Å². The van der Waals surface area contributed by atoms with Crippen LogP contribution < -0.4 is 5.32 Å². The molecule has 7 heteroatoms. The van der Waals surface area contributed by atoms with E-state index < -0.39 is 5.97 Å². The van der Waals surface area contributed by atoms with E-state index in [0.717, 1.165) is 0 Å². The average Bonchev–Trinajstić information content (AvgIpc) is 2.70. The van der Waals surface area contributed by atoms with E-state index in [-0.39, 0.29) is 17.6 Å². The third-order valence-corrected chi connectivity index (χ3v) is 2.82. The largest absolute Gasteiger partial charge is 0.476 e. The van der Waals surface area contributed by atoms with E-state index >= 15 is 0 Å². The third-order valence-electron chi connectivity index (χ3n) is 2.82. The molecule has 1 aromatic heterocycles. The van der Waals surface area contributed by atoms with Crippen molar-refractivity contribution < 1.29 is 14.7 Å². The third kappa shape index (κ3) is 2.55. The molecule has 1 unspecified atom stereocenters. The summed E-state index contributed by atoms with van der Waals surface area (Å²) >= 11 is 0. The molecule has 0 radical (unpaired) electrons. The number of carboxylic acids is 1. The SMILES string of the molecule is CCN1CC(Nc2cnc(C(=O)O)cn2)CC1=O. The van der Waals surface area contributed by atoms with E-state index in [9.17, 15) is 9.59 Å². The molecule has 1 saturated heterocycles. The molecule has 0 saturated carbocycles. The van der Waals surface area contributed by atoms with Gasteiger partial charge in [0.15, 0.2) is 5.69 Å². The molecular weight excluding hydrogens is 236 g/mol. The molecule has 1 atom stereocenters. The number of hydrogen-bond donors (Lipinski definition) is 2. The number of aromatic nitrogens is 2. The smallest absolute Gasteiger partial charge is 0.356 e. The Balaban J connectivity index is 1.98. The zero-order valence-electron chi connectivity index (χ0n) is 9.96. The number of nitrogens with zero attached hydrogens (tertiary/aromatic N) is 3. The summed E-state index contributed by atoms with van der Waals surface area (Å²) in [6.45, 7) is 3.26. The van der Waals surface area contributed by atoms with Gasteiger partial charge in [-0.15, -0.1) is 0 Å². The maximum atomic E-state index is 11.5. The first-order valence-electron chi connectivity index (χ1n) is 5.69. The zero-order valence-corrected chi connectivity index (χ0v) is 9.96. The van der Waals surface area contributed by atoms with Gasteiger partial charge in [-0.3, -0.25) is 4.79 Å². The number of likely N-dealkylation sites (N-methyl/N-ethyl adjacent to an activating group) is 1. The number of amides is 1. The summed E-state index contributed by atoms with van der Waals surface area (Å²) in [4.78, 5) is 31.6. The Hall–Kier alpha value is -2.18. The van der Waals surface area contributed by atoms with Gasteiger partial charge in [-0.25, -0.2) is 14.8 Å². The van der Waals surface area contributed by atoms with E-state index in [2.05, 4.69) is 15.3 Å². The summed E-state index contributed by atoms with van der Waals surface area (Å²) in [5, 5.41) is 11.8. The van der Waals surface area contributed by atoms with E-state index in [1.54, 1.807) is 4.90 Å². The number of carbonyl (C=O) groups excluding carboxylic acids is 1. The first kappa shape index (κ1) is 12.3. The fraction of sp³-hybridized carbons (Fsp3) is 0.455. The van der Waals surface area contributed by atoms with E-state index in [4.69, 9.17) is 5.11 Å². The molecule has 0 aliphatic carbocycles. The molecule has 1 amide bonds. The van der Waals surface area contributed by atoms with Gasteiger partial charge >= 0.3 is 5.97 Å². The van der Waals surface area contributed by atoms with Gasteiger partial charge in [0.25, 0.3) is 0 Å². The monoisotopic (exact) mass is 250 g/mol. The number of rotatable bonds is 4. The van der Waals surface area contributed by atoms with Gasteiger partial charge < -0.3 is 15.3 Å². The highest BCUT2D eigenvalue weighted by molar-refractivity contribution is 5.85. The molecule has 18 heavy (non-hydrogen) atoms. The predicted molar refractivity (Wildman–Crippen MR) is 63.3 cm³/mol. The highest BCUT2D eigenvalue weighted by Gasteiger charge is 2.28. The highest BCUT2D eigenvalue weighted by atomic mass is 16.4. The second-order valence-corrected chi connectivity index (χ2v) is 4.07. The van der Waals surface area contributed by atoms with Gasteiger partial charge in [0.2, 0.25) is 5.91 Å². The summed E-state index contributed by atoms with van der Waals surface area (Å²) < 4.78 is 0. The van der Waals surface area contributed by atoms with Gasteiger partial charge in [-0.05, 0) is 6.92 Å². The number of carbonyl (C=O) groups is 2. The number of nitrogens with one attached hydrogen (secondary N) is 1. The molecule has 0 bridgehead atoms. The second-order valence-electron chi connectivity index (χ2n) is 4.07. The van der Waals surface area contributed by atoms with Gasteiger partial charge in [0.05, 0.1) is 18.4 Å². The van der Waals surface area contributed by atoms with Crippen LogP contribution in [0.3, 0.4) is 0 Å².